The first kappa shape index (κ1) is 12.9. The summed E-state index contributed by atoms with van der Waals surface area (Å²) >= 11 is 0. The normalized spacial score (nSPS) is 11.6. The summed E-state index contributed by atoms with van der Waals surface area (Å²) in [5, 5.41) is 3.16. The number of nitrogens with one attached hydrogen (secondary N) is 1. The molecule has 0 saturated heterocycles. The van der Waals surface area contributed by atoms with Gasteiger partial charge in [-0.25, -0.2) is 0 Å². The Morgan fingerprint density at radius 2 is 1.93 bits per heavy atom. The van der Waals surface area contributed by atoms with E-state index < -0.39 is 0 Å². The van der Waals surface area contributed by atoms with Crippen LogP contribution < -0.4 is 5.32 Å². The Hall–Kier alpha value is -1.12. The van der Waals surface area contributed by atoms with Crippen molar-refractivity contribution in [3.8, 4) is 0 Å². The zero-order valence-corrected chi connectivity index (χ0v) is 9.39. The summed E-state index contributed by atoms with van der Waals surface area (Å²) in [5.41, 5.74) is 0.895. The van der Waals surface area contributed by atoms with Crippen LogP contribution in [0.3, 0.4) is 0 Å². The molecule has 0 atom stereocenters. The summed E-state index contributed by atoms with van der Waals surface area (Å²) in [6.07, 6.45) is 2.31. The molecule has 0 spiro atoms. The first-order valence-electron chi connectivity index (χ1n) is 4.95. The van der Waals surface area contributed by atoms with Crippen LogP contribution in [0, 0.1) is 0 Å². The van der Waals surface area contributed by atoms with Crippen LogP contribution in [0.5, 0.6) is 0 Å². The highest BCUT2D eigenvalue weighted by atomic mass is 16.1. The Balaban J connectivity index is 4.28. The molecule has 0 saturated carbocycles. The van der Waals surface area contributed by atoms with Gasteiger partial charge in [0.05, 0.1) is 6.42 Å². The molecule has 0 aromatic rings. The molecule has 0 heterocycles. The third-order valence-corrected chi connectivity index (χ3v) is 1.61. The first-order chi connectivity index (χ1) is 6.45. The second-order valence-corrected chi connectivity index (χ2v) is 3.67. The van der Waals surface area contributed by atoms with E-state index in [9.17, 15) is 9.59 Å². The minimum absolute atomic E-state index is 0.00325. The van der Waals surface area contributed by atoms with Crippen LogP contribution in [0.15, 0.2) is 11.8 Å². The van der Waals surface area contributed by atoms with Gasteiger partial charge in [0.2, 0.25) is 0 Å². The van der Waals surface area contributed by atoms with Crippen molar-refractivity contribution in [2.24, 2.45) is 0 Å². The number of Topliss-reactive ketones (excluding diaryl/α,β-unsaturated/α-hetero) is 1. The Morgan fingerprint density at radius 3 is 2.29 bits per heavy atom. The van der Waals surface area contributed by atoms with Crippen molar-refractivity contribution < 1.29 is 9.59 Å². The molecule has 0 rings (SSSR count). The van der Waals surface area contributed by atoms with Gasteiger partial charge >= 0.3 is 0 Å². The van der Waals surface area contributed by atoms with Crippen molar-refractivity contribution in [1.82, 2.24) is 5.32 Å². The van der Waals surface area contributed by atoms with E-state index in [1.165, 1.54) is 13.0 Å². The van der Waals surface area contributed by atoms with Crippen LogP contribution in [-0.4, -0.2) is 17.6 Å². The van der Waals surface area contributed by atoms with Gasteiger partial charge in [0.15, 0.2) is 5.78 Å². The lowest BCUT2D eigenvalue weighted by atomic mass is 10.1. The van der Waals surface area contributed by atoms with Crippen LogP contribution in [-0.2, 0) is 9.59 Å². The van der Waals surface area contributed by atoms with Crippen LogP contribution in [0.4, 0.5) is 0 Å². The predicted octanol–water partition coefficient (Wildman–Crippen LogP) is 1.83. The Labute approximate surface area is 85.6 Å². The van der Waals surface area contributed by atoms with Gasteiger partial charge in [0, 0.05) is 17.8 Å². The molecular formula is C11H19NO2. The molecule has 14 heavy (non-hydrogen) atoms. The minimum atomic E-state index is -0.123. The molecule has 0 aliphatic rings. The average Bonchev–Trinajstić information content (AvgIpc) is 2.00. The van der Waals surface area contributed by atoms with Crippen molar-refractivity contribution in [2.75, 3.05) is 0 Å². The van der Waals surface area contributed by atoms with E-state index in [-0.39, 0.29) is 18.0 Å². The van der Waals surface area contributed by atoms with Crippen LogP contribution in [0.2, 0.25) is 0 Å². The zero-order valence-electron chi connectivity index (χ0n) is 9.39. The Morgan fingerprint density at radius 1 is 1.36 bits per heavy atom. The van der Waals surface area contributed by atoms with Gasteiger partial charge in [0.1, 0.15) is 5.78 Å². The Kier molecular flexibility index (Phi) is 5.84. The summed E-state index contributed by atoms with van der Waals surface area (Å²) < 4.78 is 0. The summed E-state index contributed by atoms with van der Waals surface area (Å²) in [5.74, 6) is -0.214. The lowest BCUT2D eigenvalue weighted by molar-refractivity contribution is -0.123. The van der Waals surface area contributed by atoms with Crippen LogP contribution in [0.25, 0.3) is 0 Å². The molecule has 3 heteroatoms. The fourth-order valence-electron chi connectivity index (χ4n) is 1.11. The molecule has 0 fully saturated rings. The fourth-order valence-corrected chi connectivity index (χ4v) is 1.11. The summed E-state index contributed by atoms with van der Waals surface area (Å²) in [4.78, 5) is 21.9. The molecule has 0 radical (unpaired) electrons. The van der Waals surface area contributed by atoms with Gasteiger partial charge in [-0.3, -0.25) is 9.59 Å². The highest BCUT2D eigenvalue weighted by Crippen LogP contribution is 2.00. The monoisotopic (exact) mass is 197 g/mol. The molecule has 0 aromatic heterocycles. The highest BCUT2D eigenvalue weighted by Gasteiger charge is 2.04. The van der Waals surface area contributed by atoms with Crippen LogP contribution >= 0.6 is 0 Å². The van der Waals surface area contributed by atoms with E-state index in [1.807, 2.05) is 20.8 Å². The molecule has 0 unspecified atom stereocenters. The van der Waals surface area contributed by atoms with Crippen molar-refractivity contribution in [2.45, 2.75) is 46.6 Å². The van der Waals surface area contributed by atoms with Gasteiger partial charge in [0.25, 0.3) is 0 Å². The first-order valence-corrected chi connectivity index (χ1v) is 4.95. The van der Waals surface area contributed by atoms with Gasteiger partial charge < -0.3 is 5.32 Å². The largest absolute Gasteiger partial charge is 0.386 e. The smallest absolute Gasteiger partial charge is 0.164 e. The number of ketones is 2. The molecule has 0 aliphatic heterocycles. The van der Waals surface area contributed by atoms with Gasteiger partial charge in [-0.2, -0.15) is 0 Å². The van der Waals surface area contributed by atoms with Gasteiger partial charge in [-0.05, 0) is 27.2 Å². The summed E-state index contributed by atoms with van der Waals surface area (Å²) in [7, 11) is 0. The van der Waals surface area contributed by atoms with Crippen molar-refractivity contribution >= 4 is 11.6 Å². The Bertz CT molecular complexity index is 242. The van der Waals surface area contributed by atoms with E-state index in [1.54, 1.807) is 0 Å². The molecule has 1 N–H and O–H groups in total. The van der Waals surface area contributed by atoms with Gasteiger partial charge in [-0.15, -0.1) is 0 Å². The maximum Gasteiger partial charge on any atom is 0.164 e. The molecule has 0 aliphatic carbocycles. The fraction of sp³-hybridized carbons (Fsp3) is 0.636. The maximum atomic E-state index is 11.3. The van der Waals surface area contributed by atoms with E-state index in [0.717, 1.165) is 12.1 Å². The second kappa shape index (κ2) is 6.35. The second-order valence-electron chi connectivity index (χ2n) is 3.67. The third kappa shape index (κ3) is 6.40. The quantitative estimate of drug-likeness (QED) is 0.522. The molecule has 0 aromatic carbocycles. The lowest BCUT2D eigenvalue weighted by Crippen LogP contribution is -2.22. The number of hydrogen-bond donors (Lipinski definition) is 1. The number of allylic oxidation sites excluding steroid dienone is 2. The van der Waals surface area contributed by atoms with Crippen molar-refractivity contribution in [3.05, 3.63) is 11.8 Å². The lowest BCUT2D eigenvalue weighted by Gasteiger charge is -2.11. The van der Waals surface area contributed by atoms with Gasteiger partial charge in [-0.1, -0.05) is 6.92 Å². The number of carbonyl (C=O) groups excluding carboxylic acids is 2. The minimum Gasteiger partial charge on any atom is -0.386 e. The molecule has 0 amide bonds. The predicted molar refractivity (Wildman–Crippen MR) is 57.0 cm³/mol. The molecular weight excluding hydrogens is 178 g/mol. The topological polar surface area (TPSA) is 46.2 Å². The van der Waals surface area contributed by atoms with Crippen LogP contribution in [0.1, 0.15) is 40.5 Å². The molecule has 0 bridgehead atoms. The van der Waals surface area contributed by atoms with E-state index >= 15 is 0 Å². The highest BCUT2D eigenvalue weighted by molar-refractivity contribution is 6.03. The number of carbonyl (C=O) groups is 2. The van der Waals surface area contributed by atoms with Crippen molar-refractivity contribution in [3.63, 3.8) is 0 Å². The zero-order chi connectivity index (χ0) is 11.1. The SMILES string of the molecule is CC/C(=C/C(=O)CC(C)=O)NC(C)C. The summed E-state index contributed by atoms with van der Waals surface area (Å²) in [6, 6.07) is 0.311. The van der Waals surface area contributed by atoms with E-state index in [4.69, 9.17) is 0 Å². The standard InChI is InChI=1S/C11H19NO2/c1-5-10(12-8(2)3)7-11(14)6-9(4)13/h7-8,12H,5-6H2,1-4H3/b10-7-. The summed E-state index contributed by atoms with van der Waals surface area (Å²) in [6.45, 7) is 7.42. The molecule has 80 valence electrons. The third-order valence-electron chi connectivity index (χ3n) is 1.61. The van der Waals surface area contributed by atoms with E-state index in [0.29, 0.717) is 6.04 Å². The number of rotatable bonds is 6. The van der Waals surface area contributed by atoms with Crippen molar-refractivity contribution in [1.29, 1.82) is 0 Å². The average molecular weight is 197 g/mol. The number of hydrogen-bond acceptors (Lipinski definition) is 3. The maximum absolute atomic E-state index is 11.3. The molecule has 3 nitrogen and oxygen atoms in total. The van der Waals surface area contributed by atoms with E-state index in [2.05, 4.69) is 5.32 Å².